The standard InChI is InChI=1S/C13H19NO2/c1-3-13(16)14-12-9-10(2)6-7-11(12)5-4-8-15/h6-7,9,15H,3-5,8H2,1-2H3,(H,14,16). The smallest absolute Gasteiger partial charge is 0.224 e. The zero-order valence-corrected chi connectivity index (χ0v) is 9.92. The number of rotatable bonds is 5. The molecule has 0 aliphatic rings. The van der Waals surface area contributed by atoms with Crippen LogP contribution in [0.5, 0.6) is 0 Å². The summed E-state index contributed by atoms with van der Waals surface area (Å²) >= 11 is 0. The highest BCUT2D eigenvalue weighted by Crippen LogP contribution is 2.19. The third-order valence-electron chi connectivity index (χ3n) is 2.46. The first-order valence-electron chi connectivity index (χ1n) is 5.67. The number of aryl methyl sites for hydroxylation is 2. The molecular weight excluding hydrogens is 202 g/mol. The van der Waals surface area contributed by atoms with E-state index in [1.807, 2.05) is 32.0 Å². The summed E-state index contributed by atoms with van der Waals surface area (Å²) in [5, 5.41) is 11.7. The lowest BCUT2D eigenvalue weighted by Gasteiger charge is -2.11. The second-order valence-corrected chi connectivity index (χ2v) is 3.89. The first kappa shape index (κ1) is 12.7. The maximum Gasteiger partial charge on any atom is 0.224 e. The summed E-state index contributed by atoms with van der Waals surface area (Å²) in [5.74, 6) is 0.0239. The van der Waals surface area contributed by atoms with Gasteiger partial charge in [-0.1, -0.05) is 19.1 Å². The molecule has 3 heteroatoms. The van der Waals surface area contributed by atoms with Crippen molar-refractivity contribution in [2.75, 3.05) is 11.9 Å². The Morgan fingerprint density at radius 1 is 1.44 bits per heavy atom. The maximum atomic E-state index is 11.4. The number of carbonyl (C=O) groups is 1. The molecule has 0 aliphatic heterocycles. The van der Waals surface area contributed by atoms with Crippen molar-refractivity contribution in [1.29, 1.82) is 0 Å². The van der Waals surface area contributed by atoms with Crippen LogP contribution in [0, 0.1) is 6.92 Å². The molecule has 88 valence electrons. The number of nitrogens with one attached hydrogen (secondary N) is 1. The van der Waals surface area contributed by atoms with Crippen molar-refractivity contribution in [2.45, 2.75) is 33.1 Å². The fourth-order valence-corrected chi connectivity index (χ4v) is 1.53. The van der Waals surface area contributed by atoms with Gasteiger partial charge in [-0.15, -0.1) is 0 Å². The van der Waals surface area contributed by atoms with Gasteiger partial charge in [-0.3, -0.25) is 4.79 Å². The van der Waals surface area contributed by atoms with Crippen molar-refractivity contribution in [3.63, 3.8) is 0 Å². The number of aliphatic hydroxyl groups is 1. The molecule has 0 unspecified atom stereocenters. The highest BCUT2D eigenvalue weighted by molar-refractivity contribution is 5.91. The first-order chi connectivity index (χ1) is 7.67. The van der Waals surface area contributed by atoms with Gasteiger partial charge in [0.15, 0.2) is 0 Å². The molecule has 0 atom stereocenters. The number of hydrogen-bond acceptors (Lipinski definition) is 2. The van der Waals surface area contributed by atoms with E-state index in [1.54, 1.807) is 0 Å². The first-order valence-corrected chi connectivity index (χ1v) is 5.67. The molecule has 0 saturated heterocycles. The third-order valence-corrected chi connectivity index (χ3v) is 2.46. The Morgan fingerprint density at radius 2 is 2.19 bits per heavy atom. The van der Waals surface area contributed by atoms with Gasteiger partial charge in [0.05, 0.1) is 0 Å². The Kier molecular flexibility index (Phi) is 4.99. The van der Waals surface area contributed by atoms with Gasteiger partial charge < -0.3 is 10.4 Å². The van der Waals surface area contributed by atoms with E-state index in [0.717, 1.165) is 29.7 Å². The minimum Gasteiger partial charge on any atom is -0.396 e. The van der Waals surface area contributed by atoms with Crippen LogP contribution in [0.4, 0.5) is 5.69 Å². The average molecular weight is 221 g/mol. The summed E-state index contributed by atoms with van der Waals surface area (Å²) in [6.07, 6.45) is 1.99. The van der Waals surface area contributed by atoms with Crippen LogP contribution in [0.1, 0.15) is 30.9 Å². The summed E-state index contributed by atoms with van der Waals surface area (Å²) in [7, 11) is 0. The number of benzene rings is 1. The van der Waals surface area contributed by atoms with Gasteiger partial charge in [-0.05, 0) is 37.0 Å². The van der Waals surface area contributed by atoms with Gasteiger partial charge >= 0.3 is 0 Å². The SMILES string of the molecule is CCC(=O)Nc1cc(C)ccc1CCCO. The van der Waals surface area contributed by atoms with Crippen LogP contribution in [0.15, 0.2) is 18.2 Å². The van der Waals surface area contributed by atoms with Crippen LogP contribution >= 0.6 is 0 Å². The Bertz CT molecular complexity index is 361. The Labute approximate surface area is 96.5 Å². The normalized spacial score (nSPS) is 10.2. The van der Waals surface area contributed by atoms with Gasteiger partial charge in [0.25, 0.3) is 0 Å². The number of carbonyl (C=O) groups excluding carboxylic acids is 1. The Morgan fingerprint density at radius 3 is 2.81 bits per heavy atom. The van der Waals surface area contributed by atoms with Gasteiger partial charge in [0, 0.05) is 18.7 Å². The largest absolute Gasteiger partial charge is 0.396 e. The Balaban J connectivity index is 2.84. The van der Waals surface area contributed by atoms with Crippen molar-refractivity contribution < 1.29 is 9.90 Å². The summed E-state index contributed by atoms with van der Waals surface area (Å²) in [6, 6.07) is 6.00. The minimum atomic E-state index is 0.0239. The zero-order chi connectivity index (χ0) is 12.0. The second kappa shape index (κ2) is 6.28. The number of aliphatic hydroxyl groups excluding tert-OH is 1. The summed E-state index contributed by atoms with van der Waals surface area (Å²) < 4.78 is 0. The Hall–Kier alpha value is -1.35. The monoisotopic (exact) mass is 221 g/mol. The highest BCUT2D eigenvalue weighted by atomic mass is 16.2. The van der Waals surface area contributed by atoms with Crippen LogP contribution in [0.3, 0.4) is 0 Å². The molecule has 0 aromatic heterocycles. The van der Waals surface area contributed by atoms with Crippen LogP contribution < -0.4 is 5.32 Å². The van der Waals surface area contributed by atoms with E-state index in [0.29, 0.717) is 6.42 Å². The van der Waals surface area contributed by atoms with Crippen LogP contribution in [0.25, 0.3) is 0 Å². The zero-order valence-electron chi connectivity index (χ0n) is 9.92. The van der Waals surface area contributed by atoms with E-state index in [1.165, 1.54) is 0 Å². The minimum absolute atomic E-state index is 0.0239. The van der Waals surface area contributed by atoms with E-state index < -0.39 is 0 Å². The summed E-state index contributed by atoms with van der Waals surface area (Å²) in [6.45, 7) is 4.00. The molecule has 1 aromatic carbocycles. The van der Waals surface area contributed by atoms with Gasteiger partial charge in [0.2, 0.25) is 5.91 Å². The summed E-state index contributed by atoms with van der Waals surface area (Å²) in [5.41, 5.74) is 3.08. The highest BCUT2D eigenvalue weighted by Gasteiger charge is 2.05. The molecule has 1 aromatic rings. The number of hydrogen-bond donors (Lipinski definition) is 2. The summed E-state index contributed by atoms with van der Waals surface area (Å²) in [4.78, 5) is 11.4. The van der Waals surface area contributed by atoms with Gasteiger partial charge in [0.1, 0.15) is 0 Å². The molecule has 1 amide bonds. The molecule has 0 bridgehead atoms. The van der Waals surface area contributed by atoms with Crippen molar-refractivity contribution in [3.05, 3.63) is 29.3 Å². The molecule has 0 aliphatic carbocycles. The van der Waals surface area contributed by atoms with E-state index >= 15 is 0 Å². The van der Waals surface area contributed by atoms with Crippen molar-refractivity contribution in [3.8, 4) is 0 Å². The fraction of sp³-hybridized carbons (Fsp3) is 0.462. The van der Waals surface area contributed by atoms with E-state index in [4.69, 9.17) is 5.11 Å². The molecule has 0 spiro atoms. The molecule has 0 fully saturated rings. The lowest BCUT2D eigenvalue weighted by molar-refractivity contribution is -0.115. The number of anilines is 1. The lowest BCUT2D eigenvalue weighted by atomic mass is 10.0. The predicted molar refractivity (Wildman–Crippen MR) is 65.5 cm³/mol. The van der Waals surface area contributed by atoms with E-state index in [-0.39, 0.29) is 12.5 Å². The van der Waals surface area contributed by atoms with E-state index in [2.05, 4.69) is 5.32 Å². The fourth-order valence-electron chi connectivity index (χ4n) is 1.53. The van der Waals surface area contributed by atoms with Crippen LogP contribution in [-0.2, 0) is 11.2 Å². The topological polar surface area (TPSA) is 49.3 Å². The third kappa shape index (κ3) is 3.66. The second-order valence-electron chi connectivity index (χ2n) is 3.89. The average Bonchev–Trinajstić information content (AvgIpc) is 2.28. The predicted octanol–water partition coefficient (Wildman–Crippen LogP) is 2.27. The maximum absolute atomic E-state index is 11.4. The molecule has 1 rings (SSSR count). The molecule has 0 saturated carbocycles. The molecular formula is C13H19NO2. The lowest BCUT2D eigenvalue weighted by Crippen LogP contribution is -2.11. The molecule has 0 radical (unpaired) electrons. The van der Waals surface area contributed by atoms with Crippen LogP contribution in [-0.4, -0.2) is 17.6 Å². The molecule has 3 nitrogen and oxygen atoms in total. The molecule has 0 heterocycles. The van der Waals surface area contributed by atoms with E-state index in [9.17, 15) is 4.79 Å². The molecule has 2 N–H and O–H groups in total. The van der Waals surface area contributed by atoms with Crippen molar-refractivity contribution in [1.82, 2.24) is 0 Å². The number of amides is 1. The van der Waals surface area contributed by atoms with Crippen LogP contribution in [0.2, 0.25) is 0 Å². The van der Waals surface area contributed by atoms with Crippen molar-refractivity contribution >= 4 is 11.6 Å². The quantitative estimate of drug-likeness (QED) is 0.801. The van der Waals surface area contributed by atoms with Gasteiger partial charge in [-0.2, -0.15) is 0 Å². The van der Waals surface area contributed by atoms with Gasteiger partial charge in [-0.25, -0.2) is 0 Å². The van der Waals surface area contributed by atoms with Crippen molar-refractivity contribution in [2.24, 2.45) is 0 Å². The molecule has 16 heavy (non-hydrogen) atoms.